The first-order valence-electron chi connectivity index (χ1n) is 5.27. The van der Waals surface area contributed by atoms with E-state index in [1.807, 2.05) is 12.1 Å². The molecule has 0 aliphatic carbocycles. The summed E-state index contributed by atoms with van der Waals surface area (Å²) in [7, 11) is 0. The highest BCUT2D eigenvalue weighted by Crippen LogP contribution is 2.20. The van der Waals surface area contributed by atoms with E-state index < -0.39 is 0 Å². The first-order chi connectivity index (χ1) is 6.75. The zero-order valence-corrected chi connectivity index (χ0v) is 8.61. The van der Waals surface area contributed by atoms with Crippen LogP contribution in [0.1, 0.15) is 25.3 Å². The number of benzene rings is 1. The summed E-state index contributed by atoms with van der Waals surface area (Å²) in [4.78, 5) is 2.49. The fourth-order valence-electron chi connectivity index (χ4n) is 2.06. The van der Waals surface area contributed by atoms with Gasteiger partial charge >= 0.3 is 0 Å². The Bertz CT molecular complexity index is 294. The number of aromatic hydroxyl groups is 1. The van der Waals surface area contributed by atoms with Gasteiger partial charge in [0, 0.05) is 12.6 Å². The zero-order valence-electron chi connectivity index (χ0n) is 8.61. The fraction of sp³-hybridized carbons (Fsp3) is 0.500. The molecule has 1 unspecified atom stereocenters. The van der Waals surface area contributed by atoms with Crippen molar-refractivity contribution < 1.29 is 5.11 Å². The standard InChI is InChI=1S/C12H17NO/c1-10-3-2-8-13(10)9-11-4-6-12(14)7-5-11/h4-7,10,14H,2-3,8-9H2,1H3. The molecule has 1 aromatic carbocycles. The molecule has 76 valence electrons. The average Bonchev–Trinajstić information content (AvgIpc) is 2.56. The molecule has 0 saturated carbocycles. The van der Waals surface area contributed by atoms with Crippen LogP contribution in [0.2, 0.25) is 0 Å². The van der Waals surface area contributed by atoms with Gasteiger partial charge in [0.1, 0.15) is 5.75 Å². The van der Waals surface area contributed by atoms with Gasteiger partial charge in [0.25, 0.3) is 0 Å². The van der Waals surface area contributed by atoms with E-state index in [2.05, 4.69) is 11.8 Å². The van der Waals surface area contributed by atoms with Crippen molar-refractivity contribution >= 4 is 0 Å². The summed E-state index contributed by atoms with van der Waals surface area (Å²) in [6.07, 6.45) is 2.64. The SMILES string of the molecule is CC1CCCN1Cc1ccc(O)cc1. The maximum absolute atomic E-state index is 9.16. The largest absolute Gasteiger partial charge is 0.508 e. The molecule has 1 fully saturated rings. The van der Waals surface area contributed by atoms with Crippen molar-refractivity contribution in [1.82, 2.24) is 4.90 Å². The highest BCUT2D eigenvalue weighted by molar-refractivity contribution is 5.25. The number of hydrogen-bond donors (Lipinski definition) is 1. The molecule has 2 nitrogen and oxygen atoms in total. The van der Waals surface area contributed by atoms with E-state index in [-0.39, 0.29) is 0 Å². The van der Waals surface area contributed by atoms with Crippen molar-refractivity contribution in [1.29, 1.82) is 0 Å². The molecule has 0 radical (unpaired) electrons. The van der Waals surface area contributed by atoms with Crippen LogP contribution in [0.3, 0.4) is 0 Å². The van der Waals surface area contributed by atoms with Crippen molar-refractivity contribution in [2.24, 2.45) is 0 Å². The summed E-state index contributed by atoms with van der Waals surface area (Å²) in [5, 5.41) is 9.16. The van der Waals surface area contributed by atoms with Crippen LogP contribution in [-0.2, 0) is 6.54 Å². The number of nitrogens with zero attached hydrogens (tertiary/aromatic N) is 1. The Balaban J connectivity index is 2.00. The number of likely N-dealkylation sites (tertiary alicyclic amines) is 1. The molecule has 2 rings (SSSR count). The third-order valence-corrected chi connectivity index (χ3v) is 3.01. The molecular weight excluding hydrogens is 174 g/mol. The van der Waals surface area contributed by atoms with Gasteiger partial charge < -0.3 is 5.11 Å². The smallest absolute Gasteiger partial charge is 0.115 e. The quantitative estimate of drug-likeness (QED) is 0.775. The lowest BCUT2D eigenvalue weighted by molar-refractivity contribution is 0.260. The van der Waals surface area contributed by atoms with E-state index in [1.165, 1.54) is 24.9 Å². The van der Waals surface area contributed by atoms with Gasteiger partial charge in [-0.3, -0.25) is 4.90 Å². The normalized spacial score (nSPS) is 22.8. The molecule has 1 heterocycles. The average molecular weight is 191 g/mol. The van der Waals surface area contributed by atoms with E-state index in [0.29, 0.717) is 11.8 Å². The Morgan fingerprint density at radius 1 is 1.36 bits per heavy atom. The van der Waals surface area contributed by atoms with Gasteiger partial charge in [-0.25, -0.2) is 0 Å². The highest BCUT2D eigenvalue weighted by Gasteiger charge is 2.19. The molecule has 1 atom stereocenters. The molecule has 1 aromatic rings. The Kier molecular flexibility index (Phi) is 2.73. The van der Waals surface area contributed by atoms with E-state index in [0.717, 1.165) is 6.54 Å². The minimum atomic E-state index is 0.350. The third-order valence-electron chi connectivity index (χ3n) is 3.01. The second kappa shape index (κ2) is 4.01. The topological polar surface area (TPSA) is 23.5 Å². The van der Waals surface area contributed by atoms with Gasteiger partial charge in [0.15, 0.2) is 0 Å². The minimum absolute atomic E-state index is 0.350. The van der Waals surface area contributed by atoms with Crippen LogP contribution in [-0.4, -0.2) is 22.6 Å². The van der Waals surface area contributed by atoms with Crippen LogP contribution in [0.4, 0.5) is 0 Å². The predicted molar refractivity (Wildman–Crippen MR) is 57.2 cm³/mol. The molecule has 0 bridgehead atoms. The molecule has 1 aliphatic heterocycles. The van der Waals surface area contributed by atoms with Crippen molar-refractivity contribution in [2.45, 2.75) is 32.4 Å². The van der Waals surface area contributed by atoms with Crippen molar-refractivity contribution in [3.05, 3.63) is 29.8 Å². The number of rotatable bonds is 2. The number of hydrogen-bond acceptors (Lipinski definition) is 2. The minimum Gasteiger partial charge on any atom is -0.508 e. The first kappa shape index (κ1) is 9.53. The summed E-state index contributed by atoms with van der Waals surface area (Å²) < 4.78 is 0. The molecule has 2 heteroatoms. The number of phenols is 1. The molecule has 1 saturated heterocycles. The maximum atomic E-state index is 9.16. The fourth-order valence-corrected chi connectivity index (χ4v) is 2.06. The van der Waals surface area contributed by atoms with Crippen LogP contribution in [0.15, 0.2) is 24.3 Å². The van der Waals surface area contributed by atoms with E-state index in [9.17, 15) is 0 Å². The molecule has 1 N–H and O–H groups in total. The second-order valence-corrected chi connectivity index (χ2v) is 4.13. The maximum Gasteiger partial charge on any atom is 0.115 e. The van der Waals surface area contributed by atoms with Crippen LogP contribution >= 0.6 is 0 Å². The molecule has 1 aliphatic rings. The van der Waals surface area contributed by atoms with E-state index >= 15 is 0 Å². The van der Waals surface area contributed by atoms with Gasteiger partial charge in [-0.2, -0.15) is 0 Å². The van der Waals surface area contributed by atoms with E-state index in [4.69, 9.17) is 5.11 Å². The van der Waals surface area contributed by atoms with Gasteiger partial charge in [-0.05, 0) is 44.0 Å². The Hall–Kier alpha value is -1.02. The van der Waals surface area contributed by atoms with Crippen molar-refractivity contribution in [2.75, 3.05) is 6.54 Å². The Morgan fingerprint density at radius 3 is 2.64 bits per heavy atom. The molecule has 0 aromatic heterocycles. The molecule has 0 spiro atoms. The lowest BCUT2D eigenvalue weighted by Crippen LogP contribution is -2.25. The lowest BCUT2D eigenvalue weighted by Gasteiger charge is -2.20. The predicted octanol–water partition coefficient (Wildman–Crippen LogP) is 2.38. The Morgan fingerprint density at radius 2 is 2.07 bits per heavy atom. The number of phenolic OH excluding ortho intramolecular Hbond substituents is 1. The van der Waals surface area contributed by atoms with Crippen molar-refractivity contribution in [3.8, 4) is 5.75 Å². The van der Waals surface area contributed by atoms with Crippen molar-refractivity contribution in [3.63, 3.8) is 0 Å². The van der Waals surface area contributed by atoms with Crippen LogP contribution in [0.25, 0.3) is 0 Å². The summed E-state index contributed by atoms with van der Waals surface area (Å²) in [6, 6.07) is 8.23. The molecule has 0 amide bonds. The van der Waals surface area contributed by atoms with Gasteiger partial charge in [-0.15, -0.1) is 0 Å². The van der Waals surface area contributed by atoms with Crippen LogP contribution < -0.4 is 0 Å². The van der Waals surface area contributed by atoms with Crippen LogP contribution in [0, 0.1) is 0 Å². The zero-order chi connectivity index (χ0) is 9.97. The monoisotopic (exact) mass is 191 g/mol. The molecule has 14 heavy (non-hydrogen) atoms. The van der Waals surface area contributed by atoms with Gasteiger partial charge in [-0.1, -0.05) is 12.1 Å². The van der Waals surface area contributed by atoms with E-state index in [1.54, 1.807) is 12.1 Å². The molecular formula is C12H17NO. The summed E-state index contributed by atoms with van der Waals surface area (Å²) in [6.45, 7) is 4.51. The highest BCUT2D eigenvalue weighted by atomic mass is 16.3. The third kappa shape index (κ3) is 2.07. The summed E-state index contributed by atoms with van der Waals surface area (Å²) in [5.74, 6) is 0.350. The summed E-state index contributed by atoms with van der Waals surface area (Å²) in [5.41, 5.74) is 1.29. The second-order valence-electron chi connectivity index (χ2n) is 4.13. The van der Waals surface area contributed by atoms with Crippen LogP contribution in [0.5, 0.6) is 5.75 Å². The summed E-state index contributed by atoms with van der Waals surface area (Å²) >= 11 is 0. The Labute approximate surface area is 85.2 Å². The lowest BCUT2D eigenvalue weighted by atomic mass is 10.2. The first-order valence-corrected chi connectivity index (χ1v) is 5.27. The van der Waals surface area contributed by atoms with Gasteiger partial charge in [0.05, 0.1) is 0 Å². The van der Waals surface area contributed by atoms with Gasteiger partial charge in [0.2, 0.25) is 0 Å².